The van der Waals surface area contributed by atoms with Crippen molar-refractivity contribution < 1.29 is 10.0 Å². The van der Waals surface area contributed by atoms with Gasteiger partial charge < -0.3 is 10.0 Å². The summed E-state index contributed by atoms with van der Waals surface area (Å²) in [6.45, 7) is 28.6. The summed E-state index contributed by atoms with van der Waals surface area (Å²) in [4.78, 5) is 0. The molecule has 18 aromatic rings. The van der Waals surface area contributed by atoms with Crippen molar-refractivity contribution in [1.82, 2.24) is 0 Å². The molecule has 5 heteroatoms. The first-order valence-electron chi connectivity index (χ1n) is 44.0. The highest BCUT2D eigenvalue weighted by Crippen LogP contribution is 2.59. The van der Waals surface area contributed by atoms with E-state index in [0.717, 1.165) is 19.7 Å². The molecule has 2 nitrogen and oxygen atoms in total. The molecule has 0 unspecified atom stereocenters. The highest BCUT2D eigenvalue weighted by atomic mass is 79.9. The molecule has 126 heavy (non-hydrogen) atoms. The highest BCUT2D eigenvalue weighted by Gasteiger charge is 2.43. The zero-order valence-electron chi connectivity index (χ0n) is 72.6. The van der Waals surface area contributed by atoms with Crippen molar-refractivity contribution in [3.05, 3.63) is 421 Å². The smallest absolute Gasteiger partial charge is 0.423 e. The van der Waals surface area contributed by atoms with Crippen LogP contribution >= 0.6 is 31.9 Å². The summed E-state index contributed by atoms with van der Waals surface area (Å²) in [5, 5.41) is 25.1. The van der Waals surface area contributed by atoms with Crippen molar-refractivity contribution in [2.24, 2.45) is 0 Å². The molecular weight excluding hydrogens is 1660 g/mol. The number of rotatable bonds is 7. The molecule has 0 amide bonds. The Morgan fingerprint density at radius 2 is 0.333 bits per heavy atom. The van der Waals surface area contributed by atoms with Crippen molar-refractivity contribution in [3.8, 4) is 134 Å². The summed E-state index contributed by atoms with van der Waals surface area (Å²) in [6.07, 6.45) is 0. The summed E-state index contributed by atoms with van der Waals surface area (Å²) in [6, 6.07) is 129. The van der Waals surface area contributed by atoms with Crippen LogP contribution in [0.5, 0.6) is 0 Å². The van der Waals surface area contributed by atoms with Gasteiger partial charge >= 0.3 is 7.12 Å². The van der Waals surface area contributed by atoms with Crippen LogP contribution in [0.4, 0.5) is 0 Å². The fourth-order valence-electron chi connectivity index (χ4n) is 22.3. The molecule has 612 valence electrons. The zero-order chi connectivity index (χ0) is 85.9. The van der Waals surface area contributed by atoms with Crippen LogP contribution in [-0.2, 0) is 32.5 Å². The number of benzene rings is 18. The fourth-order valence-corrected chi connectivity index (χ4v) is 23.0. The zero-order valence-corrected chi connectivity index (χ0v) is 75.8. The summed E-state index contributed by atoms with van der Waals surface area (Å²) >= 11 is 7.41. The molecule has 0 spiro atoms. The van der Waals surface area contributed by atoms with E-state index in [1.54, 1.807) is 12.1 Å². The van der Waals surface area contributed by atoms with Crippen molar-refractivity contribution >= 4 is 76.8 Å². The Morgan fingerprint density at radius 1 is 0.175 bits per heavy atom. The molecule has 0 atom stereocenters. The third kappa shape index (κ3) is 12.7. The van der Waals surface area contributed by atoms with Crippen LogP contribution in [0, 0.1) is 0 Å². The molecule has 0 radical (unpaired) electrons. The van der Waals surface area contributed by atoms with E-state index in [2.05, 4.69) is 418 Å². The number of halogens is 2. The average Bonchev–Trinajstić information content (AvgIpc) is 1.57. The van der Waals surface area contributed by atoms with E-state index in [1.165, 1.54) is 222 Å². The first kappa shape index (κ1) is 80.8. The fraction of sp³-hybridized carbons (Fsp3) is 0.157. The Balaban J connectivity index is 0.000000138. The SMILES string of the molecule is C.CC1(C)c2cc(-c3ccc4c(c3)C(C)(C)c3cc(-c5ccc6ccccc6c5)ccc3-4)ccc2-c2ccc(-c3ccc4c(c3)C(C)(C)c3cc(-c5ccc6ccccc6c5)ccc3-4)cc21.CC1(C)c2cc(Br)ccc2-c2ccc(-c3ccc4c(c3)C(C)(C)c3cc(-c5ccc6c(c5)C(C)(C)c5cc(Br)ccc5-6)ccc3-4)cc21.OB(O)c1ccc2ccccc2c1. The molecule has 6 aliphatic rings. The monoisotopic (exact) mass is 1750 g/mol. The molecule has 0 saturated carbocycles. The van der Waals surface area contributed by atoms with Crippen LogP contribution in [0.2, 0.25) is 0 Å². The first-order valence-corrected chi connectivity index (χ1v) is 45.6. The summed E-state index contributed by atoms with van der Waals surface area (Å²) in [5.41, 5.74) is 48.4. The second-order valence-corrected chi connectivity index (χ2v) is 40.7. The Kier molecular flexibility index (Phi) is 18.8. The van der Waals surface area contributed by atoms with Gasteiger partial charge in [0.25, 0.3) is 0 Å². The van der Waals surface area contributed by atoms with Gasteiger partial charge in [0.05, 0.1) is 0 Å². The lowest BCUT2D eigenvalue weighted by Gasteiger charge is -2.24. The van der Waals surface area contributed by atoms with Crippen LogP contribution in [-0.4, -0.2) is 17.2 Å². The van der Waals surface area contributed by atoms with Gasteiger partial charge in [-0.15, -0.1) is 0 Å². The molecule has 2 N–H and O–H groups in total. The molecule has 6 aliphatic carbocycles. The standard InChI is InChI=1S/C65H50.C45H36Br2.C10H9BO2.CH4/c1-63(2)57-33-45(43-17-15-39-11-7-9-13-41(39)31-43)19-25-51(57)53-27-21-47(35-59(53)63)49-23-29-55-56-30-24-50(38-62(56)65(5,6)61(55)37-49)48-22-28-54-52-26-20-46(34-58(52)64(3,4)60(54)36-48)44-18-16-40-12-8-10-14-42(40)32-44;1-43(2)37-19-25(27-9-15-33-35-17-11-29(46)23-41(35)44(3,4)39(33)21-27)7-13-31(37)32-14-8-26(20-38(32)43)28-10-16-34-36-18-12-30(47)24-42(36)45(5,6)40(34)22-28;12-11(13)10-6-5-8-3-1-2-4-9(8)7-10;/h7-38H,1-6H3;7-24H,1-6H3;1-7,12-13H;1H4. The van der Waals surface area contributed by atoms with Gasteiger partial charge in [0.2, 0.25) is 0 Å². The molecule has 0 aromatic heterocycles. The molecule has 0 heterocycles. The van der Waals surface area contributed by atoms with Gasteiger partial charge in [-0.05, 0) is 335 Å². The highest BCUT2D eigenvalue weighted by molar-refractivity contribution is 9.10. The number of fused-ring (bicyclic) bond motifs is 21. The summed E-state index contributed by atoms with van der Waals surface area (Å²) in [7, 11) is -1.38. The molecule has 0 fully saturated rings. The van der Waals surface area contributed by atoms with Crippen molar-refractivity contribution in [2.45, 2.75) is 123 Å². The third-order valence-corrected chi connectivity index (χ3v) is 30.5. The van der Waals surface area contributed by atoms with E-state index >= 15 is 0 Å². The maximum absolute atomic E-state index is 8.94. The topological polar surface area (TPSA) is 40.5 Å². The first-order chi connectivity index (χ1) is 60.1. The number of hydrogen-bond acceptors (Lipinski definition) is 2. The molecule has 24 rings (SSSR count). The quantitative estimate of drug-likeness (QED) is 0.156. The van der Waals surface area contributed by atoms with Gasteiger partial charge in [-0.25, -0.2) is 0 Å². The third-order valence-electron chi connectivity index (χ3n) is 29.6. The van der Waals surface area contributed by atoms with Crippen molar-refractivity contribution in [2.75, 3.05) is 0 Å². The van der Waals surface area contributed by atoms with Crippen molar-refractivity contribution in [3.63, 3.8) is 0 Å². The van der Waals surface area contributed by atoms with E-state index in [1.807, 2.05) is 30.3 Å². The van der Waals surface area contributed by atoms with Crippen LogP contribution < -0.4 is 5.46 Å². The van der Waals surface area contributed by atoms with Crippen LogP contribution in [0.3, 0.4) is 0 Å². The summed E-state index contributed by atoms with van der Waals surface area (Å²) < 4.78 is 2.28. The van der Waals surface area contributed by atoms with Gasteiger partial charge in [-0.3, -0.25) is 0 Å². The largest absolute Gasteiger partial charge is 0.488 e. The van der Waals surface area contributed by atoms with Gasteiger partial charge in [-0.1, -0.05) is 371 Å². The molecule has 0 aliphatic heterocycles. The van der Waals surface area contributed by atoms with Gasteiger partial charge in [-0.2, -0.15) is 0 Å². The Morgan fingerprint density at radius 3 is 0.540 bits per heavy atom. The minimum absolute atomic E-state index is 0. The average molecular weight is 1760 g/mol. The van der Waals surface area contributed by atoms with Gasteiger partial charge in [0, 0.05) is 41.4 Å². The maximum Gasteiger partial charge on any atom is 0.488 e. The van der Waals surface area contributed by atoms with Crippen LogP contribution in [0.1, 0.15) is 157 Å². The Bertz CT molecular complexity index is 7260. The van der Waals surface area contributed by atoms with Crippen LogP contribution in [0.15, 0.2) is 355 Å². The second kappa shape index (κ2) is 29.4. The number of hydrogen-bond donors (Lipinski definition) is 2. The van der Waals surface area contributed by atoms with Crippen LogP contribution in [0.25, 0.3) is 166 Å². The minimum atomic E-state index is -1.38. The molecule has 18 aromatic carbocycles. The van der Waals surface area contributed by atoms with E-state index < -0.39 is 7.12 Å². The maximum atomic E-state index is 8.94. The van der Waals surface area contributed by atoms with Crippen molar-refractivity contribution in [1.29, 1.82) is 0 Å². The lowest BCUT2D eigenvalue weighted by atomic mass is 9.79. The minimum Gasteiger partial charge on any atom is -0.423 e. The van der Waals surface area contributed by atoms with E-state index in [4.69, 9.17) is 10.0 Å². The Hall–Kier alpha value is -12.3. The normalized spacial score (nSPS) is 15.1. The predicted molar refractivity (Wildman–Crippen MR) is 542 cm³/mol. The second-order valence-electron chi connectivity index (χ2n) is 38.8. The van der Waals surface area contributed by atoms with E-state index in [-0.39, 0.29) is 39.9 Å². The lowest BCUT2D eigenvalue weighted by Crippen LogP contribution is -2.29. The lowest BCUT2D eigenvalue weighted by molar-refractivity contribution is 0.426. The Labute approximate surface area is 758 Å². The van der Waals surface area contributed by atoms with Gasteiger partial charge in [0.15, 0.2) is 0 Å². The molecular formula is C121H99BBr2O2. The summed E-state index contributed by atoms with van der Waals surface area (Å²) in [5.74, 6) is 0. The molecule has 0 bridgehead atoms. The van der Waals surface area contributed by atoms with E-state index in [0.29, 0.717) is 5.46 Å². The molecule has 0 saturated heterocycles. The van der Waals surface area contributed by atoms with E-state index in [9.17, 15) is 0 Å². The van der Waals surface area contributed by atoms with Gasteiger partial charge in [0.1, 0.15) is 0 Å². The predicted octanol–water partition coefficient (Wildman–Crippen LogP) is 32.2.